The number of carbonyl (C=O) groups excluding carboxylic acids is 1. The number of halogens is 1. The highest BCUT2D eigenvalue weighted by Crippen LogP contribution is 2.07. The molecular formula is C13H11FN2O2. The van der Waals surface area contributed by atoms with Crippen LogP contribution in [0.3, 0.4) is 0 Å². The SMILES string of the molecule is Cc1occc1C(=O)NN=Cc1ccc(F)cc1. The van der Waals surface area contributed by atoms with Crippen LogP contribution in [0.25, 0.3) is 0 Å². The van der Waals surface area contributed by atoms with Crippen LogP contribution in [0.4, 0.5) is 4.39 Å². The van der Waals surface area contributed by atoms with Gasteiger partial charge in [-0.05, 0) is 30.7 Å². The molecule has 4 nitrogen and oxygen atoms in total. The molecule has 0 saturated heterocycles. The second-order valence-electron chi connectivity index (χ2n) is 3.64. The van der Waals surface area contributed by atoms with Crippen molar-refractivity contribution in [1.82, 2.24) is 5.43 Å². The molecule has 1 heterocycles. The average Bonchev–Trinajstić information content (AvgIpc) is 2.78. The number of nitrogens with one attached hydrogen (secondary N) is 1. The molecule has 1 aromatic heterocycles. The normalized spacial score (nSPS) is 10.8. The van der Waals surface area contributed by atoms with Gasteiger partial charge in [0.1, 0.15) is 11.6 Å². The number of furan rings is 1. The summed E-state index contributed by atoms with van der Waals surface area (Å²) < 4.78 is 17.7. The van der Waals surface area contributed by atoms with Crippen LogP contribution in [0.1, 0.15) is 21.7 Å². The van der Waals surface area contributed by atoms with Crippen LogP contribution in [0, 0.1) is 12.7 Å². The third-order valence-electron chi connectivity index (χ3n) is 2.35. The third kappa shape index (κ3) is 2.82. The molecule has 1 aromatic carbocycles. The predicted molar refractivity (Wildman–Crippen MR) is 64.9 cm³/mol. The van der Waals surface area contributed by atoms with Gasteiger partial charge in [-0.2, -0.15) is 5.10 Å². The van der Waals surface area contributed by atoms with E-state index >= 15 is 0 Å². The number of aryl methyl sites for hydroxylation is 1. The molecule has 92 valence electrons. The molecule has 0 fully saturated rings. The lowest BCUT2D eigenvalue weighted by Gasteiger charge is -1.97. The number of hydrogen-bond acceptors (Lipinski definition) is 3. The molecule has 0 aliphatic carbocycles. The van der Waals surface area contributed by atoms with Crippen molar-refractivity contribution in [1.29, 1.82) is 0 Å². The Labute approximate surface area is 103 Å². The van der Waals surface area contributed by atoms with Crippen molar-refractivity contribution in [2.45, 2.75) is 6.92 Å². The molecule has 0 aliphatic heterocycles. The first-order valence-corrected chi connectivity index (χ1v) is 5.30. The summed E-state index contributed by atoms with van der Waals surface area (Å²) in [5.74, 6) is -0.130. The second kappa shape index (κ2) is 5.27. The van der Waals surface area contributed by atoms with Gasteiger partial charge in [-0.3, -0.25) is 4.79 Å². The zero-order chi connectivity index (χ0) is 13.0. The van der Waals surface area contributed by atoms with E-state index in [4.69, 9.17) is 4.42 Å². The molecule has 2 aromatic rings. The molecule has 0 bridgehead atoms. The largest absolute Gasteiger partial charge is 0.469 e. The maximum Gasteiger partial charge on any atom is 0.274 e. The van der Waals surface area contributed by atoms with E-state index in [0.717, 1.165) is 0 Å². The lowest BCUT2D eigenvalue weighted by molar-refractivity contribution is 0.0953. The number of hydrazone groups is 1. The minimum Gasteiger partial charge on any atom is -0.469 e. The lowest BCUT2D eigenvalue weighted by atomic mass is 10.2. The first-order valence-electron chi connectivity index (χ1n) is 5.30. The topological polar surface area (TPSA) is 54.6 Å². The number of amides is 1. The van der Waals surface area contributed by atoms with Crippen molar-refractivity contribution in [3.63, 3.8) is 0 Å². The summed E-state index contributed by atoms with van der Waals surface area (Å²) in [5.41, 5.74) is 3.50. The van der Waals surface area contributed by atoms with Gasteiger partial charge in [0.25, 0.3) is 5.91 Å². The Morgan fingerprint density at radius 1 is 1.33 bits per heavy atom. The number of hydrogen-bond donors (Lipinski definition) is 1. The Kier molecular flexibility index (Phi) is 3.52. The van der Waals surface area contributed by atoms with Crippen molar-refractivity contribution in [3.8, 4) is 0 Å². The van der Waals surface area contributed by atoms with Gasteiger partial charge in [-0.1, -0.05) is 12.1 Å². The molecule has 0 unspecified atom stereocenters. The van der Waals surface area contributed by atoms with Crippen molar-refractivity contribution < 1.29 is 13.6 Å². The summed E-state index contributed by atoms with van der Waals surface area (Å²) >= 11 is 0. The van der Waals surface area contributed by atoms with E-state index in [1.807, 2.05) is 0 Å². The van der Waals surface area contributed by atoms with Crippen LogP contribution in [0.15, 0.2) is 46.1 Å². The average molecular weight is 246 g/mol. The molecule has 1 amide bonds. The predicted octanol–water partition coefficient (Wildman–Crippen LogP) is 2.49. The second-order valence-corrected chi connectivity index (χ2v) is 3.64. The van der Waals surface area contributed by atoms with Crippen LogP contribution in [-0.4, -0.2) is 12.1 Å². The van der Waals surface area contributed by atoms with Crippen molar-refractivity contribution >= 4 is 12.1 Å². The quantitative estimate of drug-likeness (QED) is 0.668. The smallest absolute Gasteiger partial charge is 0.274 e. The molecule has 0 spiro atoms. The molecular weight excluding hydrogens is 235 g/mol. The van der Waals surface area contributed by atoms with E-state index in [1.54, 1.807) is 25.1 Å². The highest BCUT2D eigenvalue weighted by Gasteiger charge is 2.09. The molecule has 0 saturated carbocycles. The van der Waals surface area contributed by atoms with Crippen molar-refractivity contribution in [2.24, 2.45) is 5.10 Å². The zero-order valence-electron chi connectivity index (χ0n) is 9.68. The van der Waals surface area contributed by atoms with Gasteiger partial charge in [0, 0.05) is 0 Å². The number of benzene rings is 1. The van der Waals surface area contributed by atoms with Crippen LogP contribution in [-0.2, 0) is 0 Å². The van der Waals surface area contributed by atoms with Gasteiger partial charge in [-0.25, -0.2) is 9.82 Å². The monoisotopic (exact) mass is 246 g/mol. The highest BCUT2D eigenvalue weighted by atomic mass is 19.1. The fourth-order valence-corrected chi connectivity index (χ4v) is 1.40. The molecule has 18 heavy (non-hydrogen) atoms. The number of rotatable bonds is 3. The molecule has 0 radical (unpaired) electrons. The number of carbonyl (C=O) groups is 1. The Morgan fingerprint density at radius 3 is 2.67 bits per heavy atom. The minimum atomic E-state index is -0.348. The standard InChI is InChI=1S/C13H11FN2O2/c1-9-12(6-7-18-9)13(17)16-15-8-10-2-4-11(14)5-3-10/h2-8H,1H3,(H,16,17). The van der Waals surface area contributed by atoms with Gasteiger partial charge in [0.15, 0.2) is 0 Å². The number of nitrogens with zero attached hydrogens (tertiary/aromatic N) is 1. The van der Waals surface area contributed by atoms with Gasteiger partial charge in [0.05, 0.1) is 18.0 Å². The fraction of sp³-hybridized carbons (Fsp3) is 0.0769. The van der Waals surface area contributed by atoms with E-state index in [0.29, 0.717) is 16.9 Å². The highest BCUT2D eigenvalue weighted by molar-refractivity contribution is 5.95. The molecule has 5 heteroatoms. The Balaban J connectivity index is 1.98. The molecule has 1 N–H and O–H groups in total. The summed E-state index contributed by atoms with van der Waals surface area (Å²) in [7, 11) is 0. The Hall–Kier alpha value is -2.43. The summed E-state index contributed by atoms with van der Waals surface area (Å²) in [6.07, 6.45) is 2.88. The van der Waals surface area contributed by atoms with E-state index in [2.05, 4.69) is 10.5 Å². The van der Waals surface area contributed by atoms with Gasteiger partial charge in [0.2, 0.25) is 0 Å². The maximum absolute atomic E-state index is 12.6. The van der Waals surface area contributed by atoms with E-state index in [-0.39, 0.29) is 11.7 Å². The van der Waals surface area contributed by atoms with Crippen LogP contribution in [0.5, 0.6) is 0 Å². The first kappa shape index (κ1) is 12.0. The van der Waals surface area contributed by atoms with Crippen molar-refractivity contribution in [2.75, 3.05) is 0 Å². The zero-order valence-corrected chi connectivity index (χ0v) is 9.68. The van der Waals surface area contributed by atoms with E-state index in [1.165, 1.54) is 24.6 Å². The van der Waals surface area contributed by atoms with Crippen LogP contribution < -0.4 is 5.43 Å². The molecule has 0 atom stereocenters. The first-order chi connectivity index (χ1) is 8.66. The van der Waals surface area contributed by atoms with Gasteiger partial charge in [-0.15, -0.1) is 0 Å². The van der Waals surface area contributed by atoms with Crippen molar-refractivity contribution in [3.05, 3.63) is 59.3 Å². The summed E-state index contributed by atoms with van der Waals surface area (Å²) in [5, 5.41) is 3.78. The van der Waals surface area contributed by atoms with Gasteiger partial charge >= 0.3 is 0 Å². The molecule has 2 rings (SSSR count). The van der Waals surface area contributed by atoms with E-state index in [9.17, 15) is 9.18 Å². The van der Waals surface area contributed by atoms with E-state index < -0.39 is 0 Å². The Bertz CT molecular complexity index is 573. The van der Waals surface area contributed by atoms with Gasteiger partial charge < -0.3 is 4.42 Å². The lowest BCUT2D eigenvalue weighted by Crippen LogP contribution is -2.17. The maximum atomic E-state index is 12.6. The Morgan fingerprint density at radius 2 is 2.06 bits per heavy atom. The fourth-order valence-electron chi connectivity index (χ4n) is 1.40. The summed E-state index contributed by atoms with van der Waals surface area (Å²) in [6.45, 7) is 1.69. The summed E-state index contributed by atoms with van der Waals surface area (Å²) in [4.78, 5) is 11.6. The van der Waals surface area contributed by atoms with Crippen LogP contribution in [0.2, 0.25) is 0 Å². The minimum absolute atomic E-state index is 0.315. The molecule has 0 aliphatic rings. The summed E-state index contributed by atoms with van der Waals surface area (Å²) in [6, 6.07) is 7.34. The third-order valence-corrected chi connectivity index (χ3v) is 2.35. The van der Waals surface area contributed by atoms with Crippen LogP contribution >= 0.6 is 0 Å².